The van der Waals surface area contributed by atoms with E-state index in [1.807, 2.05) is 30.3 Å². The van der Waals surface area contributed by atoms with Crippen molar-refractivity contribution in [1.29, 1.82) is 0 Å². The van der Waals surface area contributed by atoms with Crippen LogP contribution in [0.5, 0.6) is 5.75 Å². The second-order valence-corrected chi connectivity index (χ2v) is 6.97. The average molecular weight is 405 g/mol. The molecule has 3 rings (SSSR count). The number of hydrogen-bond donors (Lipinski definition) is 1. The second-order valence-electron chi connectivity index (χ2n) is 6.97. The Morgan fingerprint density at radius 3 is 2.10 bits per heavy atom. The van der Waals surface area contributed by atoms with Crippen LogP contribution in [-0.2, 0) is 4.79 Å². The van der Waals surface area contributed by atoms with Crippen molar-refractivity contribution in [3.05, 3.63) is 101 Å². The lowest BCUT2D eigenvalue weighted by Gasteiger charge is -2.18. The lowest BCUT2D eigenvalue weighted by molar-refractivity contribution is -0.123. The Bertz CT molecular complexity index is 970. The summed E-state index contributed by atoms with van der Waals surface area (Å²) in [5, 5.41) is 3.01. The number of benzene rings is 3. The van der Waals surface area contributed by atoms with Crippen LogP contribution < -0.4 is 10.1 Å². The number of hydrogen-bond acceptors (Lipinski definition) is 3. The van der Waals surface area contributed by atoms with Crippen molar-refractivity contribution in [1.82, 2.24) is 5.32 Å². The highest BCUT2D eigenvalue weighted by atomic mass is 19.1. The first kappa shape index (κ1) is 21.2. The quantitative estimate of drug-likeness (QED) is 0.504. The molecule has 0 aliphatic rings. The van der Waals surface area contributed by atoms with Crippen molar-refractivity contribution in [3.63, 3.8) is 0 Å². The van der Waals surface area contributed by atoms with Gasteiger partial charge >= 0.3 is 0 Å². The zero-order valence-electron chi connectivity index (χ0n) is 16.8. The Morgan fingerprint density at radius 1 is 0.900 bits per heavy atom. The minimum absolute atomic E-state index is 0.0528. The zero-order chi connectivity index (χ0) is 21.3. The Hall–Kier alpha value is -3.47. The molecule has 1 N–H and O–H groups in total. The van der Waals surface area contributed by atoms with Gasteiger partial charge in [0.15, 0.2) is 12.4 Å². The van der Waals surface area contributed by atoms with Crippen LogP contribution in [0.2, 0.25) is 0 Å². The Morgan fingerprint density at radius 2 is 1.50 bits per heavy atom. The molecule has 30 heavy (non-hydrogen) atoms. The van der Waals surface area contributed by atoms with Crippen LogP contribution >= 0.6 is 0 Å². The summed E-state index contributed by atoms with van der Waals surface area (Å²) in [5.41, 5.74) is 1.94. The van der Waals surface area contributed by atoms with Gasteiger partial charge in [-0.2, -0.15) is 0 Å². The lowest BCUT2D eigenvalue weighted by atomic mass is 10.0. The fourth-order valence-electron chi connectivity index (χ4n) is 3.15. The van der Waals surface area contributed by atoms with Gasteiger partial charge in [0.1, 0.15) is 11.6 Å². The van der Waals surface area contributed by atoms with Gasteiger partial charge in [0.2, 0.25) is 0 Å². The summed E-state index contributed by atoms with van der Waals surface area (Å²) >= 11 is 0. The largest absolute Gasteiger partial charge is 0.484 e. The van der Waals surface area contributed by atoms with Gasteiger partial charge < -0.3 is 10.1 Å². The topological polar surface area (TPSA) is 55.4 Å². The van der Waals surface area contributed by atoms with E-state index in [9.17, 15) is 14.0 Å². The number of halogens is 1. The van der Waals surface area contributed by atoms with Crippen molar-refractivity contribution in [2.75, 3.05) is 6.61 Å². The molecule has 0 bridgehead atoms. The molecular weight excluding hydrogens is 381 g/mol. The number of rotatable bonds is 9. The summed E-state index contributed by atoms with van der Waals surface area (Å²) in [6, 6.07) is 21.8. The van der Waals surface area contributed by atoms with Crippen molar-refractivity contribution in [3.8, 4) is 5.75 Å². The number of nitrogens with one attached hydrogen (secondary N) is 1. The normalized spacial score (nSPS) is 11.5. The molecule has 5 heteroatoms. The highest BCUT2D eigenvalue weighted by molar-refractivity contribution is 6.09. The summed E-state index contributed by atoms with van der Waals surface area (Å²) in [4.78, 5) is 24.8. The number of amides is 1. The van der Waals surface area contributed by atoms with Gasteiger partial charge in [-0.3, -0.25) is 9.59 Å². The minimum atomic E-state index is -0.387. The Balaban J connectivity index is 1.55. The smallest absolute Gasteiger partial charge is 0.258 e. The van der Waals surface area contributed by atoms with Gasteiger partial charge in [0, 0.05) is 11.1 Å². The summed E-state index contributed by atoms with van der Waals surface area (Å²) in [6.45, 7) is 1.96. The van der Waals surface area contributed by atoms with E-state index in [2.05, 4.69) is 12.2 Å². The fraction of sp³-hybridized carbons (Fsp3) is 0.200. The third kappa shape index (κ3) is 5.77. The van der Waals surface area contributed by atoms with Gasteiger partial charge in [-0.25, -0.2) is 4.39 Å². The zero-order valence-corrected chi connectivity index (χ0v) is 16.8. The summed E-state index contributed by atoms with van der Waals surface area (Å²) in [5.74, 6) is -0.303. The van der Waals surface area contributed by atoms with Crippen LogP contribution in [0.1, 0.15) is 47.3 Å². The van der Waals surface area contributed by atoms with Crippen LogP contribution in [0.4, 0.5) is 4.39 Å². The molecule has 0 saturated carbocycles. The van der Waals surface area contributed by atoms with Crippen LogP contribution in [-0.4, -0.2) is 18.3 Å². The molecule has 0 aromatic heterocycles. The van der Waals surface area contributed by atoms with Crippen molar-refractivity contribution in [2.24, 2.45) is 0 Å². The standard InChI is InChI=1S/C25H24FNO3/c1-2-6-23(18-7-4-3-5-8-18)27-24(28)17-30-22-15-11-20(12-16-22)25(29)19-9-13-21(26)14-10-19/h3-5,7-16,23H,2,6,17H2,1H3,(H,27,28)/t23-/m1/s1. The van der Waals surface area contributed by atoms with Gasteiger partial charge in [-0.15, -0.1) is 0 Å². The summed E-state index contributed by atoms with van der Waals surface area (Å²) < 4.78 is 18.6. The molecule has 0 spiro atoms. The van der Waals surface area contributed by atoms with E-state index in [1.54, 1.807) is 24.3 Å². The molecule has 0 unspecified atom stereocenters. The first-order valence-corrected chi connectivity index (χ1v) is 9.94. The molecule has 0 fully saturated rings. The second kappa shape index (κ2) is 10.3. The van der Waals surface area contributed by atoms with E-state index in [4.69, 9.17) is 4.74 Å². The maximum absolute atomic E-state index is 13.0. The maximum Gasteiger partial charge on any atom is 0.258 e. The average Bonchev–Trinajstić information content (AvgIpc) is 2.78. The molecule has 0 radical (unpaired) electrons. The predicted octanol–water partition coefficient (Wildman–Crippen LogP) is 5.09. The van der Waals surface area contributed by atoms with Gasteiger partial charge in [-0.05, 0) is 60.5 Å². The lowest BCUT2D eigenvalue weighted by Crippen LogP contribution is -2.32. The summed E-state index contributed by atoms with van der Waals surface area (Å²) in [6.07, 6.45) is 1.79. The van der Waals surface area contributed by atoms with Gasteiger partial charge in [0.05, 0.1) is 6.04 Å². The predicted molar refractivity (Wildman–Crippen MR) is 114 cm³/mol. The summed E-state index contributed by atoms with van der Waals surface area (Å²) in [7, 11) is 0. The van der Waals surface area contributed by atoms with Crippen LogP contribution in [0.15, 0.2) is 78.9 Å². The first-order valence-electron chi connectivity index (χ1n) is 9.94. The molecule has 0 heterocycles. The van der Waals surface area contributed by atoms with E-state index < -0.39 is 0 Å². The van der Waals surface area contributed by atoms with E-state index in [0.29, 0.717) is 16.9 Å². The van der Waals surface area contributed by atoms with E-state index in [1.165, 1.54) is 24.3 Å². The SMILES string of the molecule is CCC[C@@H](NC(=O)COc1ccc(C(=O)c2ccc(F)cc2)cc1)c1ccccc1. The first-order chi connectivity index (χ1) is 14.6. The molecule has 1 amide bonds. The third-order valence-electron chi connectivity index (χ3n) is 4.71. The van der Waals surface area contributed by atoms with Gasteiger partial charge in [-0.1, -0.05) is 43.7 Å². The van der Waals surface area contributed by atoms with Crippen molar-refractivity contribution in [2.45, 2.75) is 25.8 Å². The molecule has 0 saturated heterocycles. The number of carbonyl (C=O) groups excluding carboxylic acids is 2. The fourth-order valence-corrected chi connectivity index (χ4v) is 3.15. The monoisotopic (exact) mass is 405 g/mol. The van der Waals surface area contributed by atoms with E-state index >= 15 is 0 Å². The number of carbonyl (C=O) groups is 2. The molecule has 0 aliphatic carbocycles. The van der Waals surface area contributed by atoms with Crippen molar-refractivity contribution >= 4 is 11.7 Å². The third-order valence-corrected chi connectivity index (χ3v) is 4.71. The molecule has 3 aromatic rings. The number of ketones is 1. The maximum atomic E-state index is 13.0. The van der Waals surface area contributed by atoms with Gasteiger partial charge in [0.25, 0.3) is 5.91 Å². The molecule has 3 aromatic carbocycles. The minimum Gasteiger partial charge on any atom is -0.484 e. The Labute approximate surface area is 175 Å². The Kier molecular flexibility index (Phi) is 7.33. The highest BCUT2D eigenvalue weighted by Crippen LogP contribution is 2.19. The molecular formula is C25H24FNO3. The van der Waals surface area contributed by atoms with Crippen LogP contribution in [0, 0.1) is 5.82 Å². The highest BCUT2D eigenvalue weighted by Gasteiger charge is 2.14. The number of ether oxygens (including phenoxy) is 1. The van der Waals surface area contributed by atoms with E-state index in [0.717, 1.165) is 18.4 Å². The van der Waals surface area contributed by atoms with Crippen LogP contribution in [0.25, 0.3) is 0 Å². The molecule has 0 aliphatic heterocycles. The molecule has 154 valence electrons. The molecule has 1 atom stereocenters. The van der Waals surface area contributed by atoms with Crippen LogP contribution in [0.3, 0.4) is 0 Å². The van der Waals surface area contributed by atoms with E-state index in [-0.39, 0.29) is 30.2 Å². The molecule has 4 nitrogen and oxygen atoms in total. The van der Waals surface area contributed by atoms with Crippen molar-refractivity contribution < 1.29 is 18.7 Å².